The van der Waals surface area contributed by atoms with E-state index in [9.17, 15) is 20.1 Å². The van der Waals surface area contributed by atoms with Gasteiger partial charge in [0.05, 0.1) is 6.61 Å². The molecule has 0 aromatic heterocycles. The Morgan fingerprint density at radius 3 is 2.47 bits per heavy atom. The third-order valence-corrected chi connectivity index (χ3v) is 2.38. The van der Waals surface area contributed by atoms with Gasteiger partial charge < -0.3 is 29.9 Å². The van der Waals surface area contributed by atoms with E-state index in [1.54, 1.807) is 6.92 Å². The second-order valence-corrected chi connectivity index (χ2v) is 3.63. The quantitative estimate of drug-likeness (QED) is 0.334. The fraction of sp³-hybridized carbons (Fsp3) is 0.700. The van der Waals surface area contributed by atoms with Crippen LogP contribution in [0.2, 0.25) is 0 Å². The molecule has 0 saturated carbocycles. The van der Waals surface area contributed by atoms with E-state index < -0.39 is 43.3 Å². The third kappa shape index (κ3) is 3.24. The first-order chi connectivity index (χ1) is 8.01. The summed E-state index contributed by atoms with van der Waals surface area (Å²) < 4.78 is 9.68. The predicted octanol–water partition coefficient (Wildman–Crippen LogP) is -2.09. The van der Waals surface area contributed by atoms with Crippen LogP contribution >= 0.6 is 0 Å². The number of aliphatic hydroxyl groups excluding tert-OH is 4. The first-order valence-corrected chi connectivity index (χ1v) is 5.15. The summed E-state index contributed by atoms with van der Waals surface area (Å²) in [5, 5.41) is 37.3. The van der Waals surface area contributed by atoms with E-state index in [1.807, 2.05) is 0 Å². The van der Waals surface area contributed by atoms with Crippen molar-refractivity contribution in [2.75, 3.05) is 6.61 Å². The standard InChI is InChI=1S/C10H16O7/c1-2-3-6(12)17-10-9(15)8(14)7(13)5(4-11)16-10/h2-3,5,7-11,13-15H,4H2,1H3. The summed E-state index contributed by atoms with van der Waals surface area (Å²) in [5.74, 6) is -0.753. The molecule has 1 aliphatic heterocycles. The smallest absolute Gasteiger partial charge is 0.332 e. The van der Waals surface area contributed by atoms with Crippen molar-refractivity contribution in [3.8, 4) is 0 Å². The summed E-state index contributed by atoms with van der Waals surface area (Å²) in [7, 11) is 0. The van der Waals surface area contributed by atoms with Crippen LogP contribution in [0.4, 0.5) is 0 Å². The topological polar surface area (TPSA) is 116 Å². The zero-order valence-corrected chi connectivity index (χ0v) is 9.26. The van der Waals surface area contributed by atoms with Crippen LogP contribution in [0.25, 0.3) is 0 Å². The average molecular weight is 248 g/mol. The molecule has 0 bridgehead atoms. The molecular formula is C10H16O7. The Kier molecular flexibility index (Phi) is 5.03. The van der Waals surface area contributed by atoms with E-state index in [4.69, 9.17) is 14.6 Å². The summed E-state index contributed by atoms with van der Waals surface area (Å²) in [6, 6.07) is 0. The van der Waals surface area contributed by atoms with E-state index in [0.29, 0.717) is 0 Å². The molecule has 7 heteroatoms. The third-order valence-electron chi connectivity index (χ3n) is 2.38. The molecule has 0 aromatic rings. The van der Waals surface area contributed by atoms with Crippen molar-refractivity contribution in [2.45, 2.75) is 37.6 Å². The molecule has 0 aromatic carbocycles. The maximum absolute atomic E-state index is 11.1. The molecule has 1 aliphatic rings. The largest absolute Gasteiger partial charge is 0.430 e. The van der Waals surface area contributed by atoms with Crippen LogP contribution in [-0.2, 0) is 14.3 Å². The normalized spacial score (nSPS) is 38.3. The Morgan fingerprint density at radius 2 is 1.94 bits per heavy atom. The van der Waals surface area contributed by atoms with E-state index in [-0.39, 0.29) is 0 Å². The Labute approximate surface area is 97.9 Å². The van der Waals surface area contributed by atoms with Gasteiger partial charge in [-0.15, -0.1) is 0 Å². The summed E-state index contributed by atoms with van der Waals surface area (Å²) in [6.07, 6.45) is -4.54. The van der Waals surface area contributed by atoms with Crippen molar-refractivity contribution in [1.29, 1.82) is 0 Å². The SMILES string of the molecule is CC=CC(=O)OC1OC(CO)C(O)C(O)C1O. The Hall–Kier alpha value is -0.990. The van der Waals surface area contributed by atoms with Gasteiger partial charge in [0.1, 0.15) is 24.4 Å². The minimum absolute atomic E-state index is 0.567. The average Bonchev–Trinajstić information content (AvgIpc) is 2.30. The fourth-order valence-electron chi connectivity index (χ4n) is 1.45. The van der Waals surface area contributed by atoms with E-state index in [1.165, 1.54) is 6.08 Å². The molecule has 0 radical (unpaired) electrons. The molecule has 0 aliphatic carbocycles. The maximum atomic E-state index is 11.1. The highest BCUT2D eigenvalue weighted by Crippen LogP contribution is 2.21. The van der Waals surface area contributed by atoms with Crippen molar-refractivity contribution >= 4 is 5.97 Å². The molecule has 5 atom stereocenters. The number of ether oxygens (including phenoxy) is 2. The second kappa shape index (κ2) is 6.08. The molecular weight excluding hydrogens is 232 g/mol. The second-order valence-electron chi connectivity index (χ2n) is 3.63. The van der Waals surface area contributed by atoms with Crippen LogP contribution < -0.4 is 0 Å². The fourth-order valence-corrected chi connectivity index (χ4v) is 1.45. The molecule has 4 N–H and O–H groups in total. The lowest BCUT2D eigenvalue weighted by atomic mass is 9.99. The molecule has 0 spiro atoms. The zero-order chi connectivity index (χ0) is 13.0. The van der Waals surface area contributed by atoms with Crippen molar-refractivity contribution in [3.63, 3.8) is 0 Å². The number of hydrogen-bond donors (Lipinski definition) is 4. The van der Waals surface area contributed by atoms with Crippen LogP contribution in [0.5, 0.6) is 0 Å². The summed E-state index contributed by atoms with van der Waals surface area (Å²) in [4.78, 5) is 11.1. The van der Waals surface area contributed by atoms with Gasteiger partial charge in [0.15, 0.2) is 0 Å². The van der Waals surface area contributed by atoms with E-state index >= 15 is 0 Å². The van der Waals surface area contributed by atoms with Crippen molar-refractivity contribution in [1.82, 2.24) is 0 Å². The van der Waals surface area contributed by atoms with Crippen molar-refractivity contribution in [2.24, 2.45) is 0 Å². The van der Waals surface area contributed by atoms with Crippen LogP contribution in [0, 0.1) is 0 Å². The van der Waals surface area contributed by atoms with Gasteiger partial charge in [-0.05, 0) is 6.92 Å². The van der Waals surface area contributed by atoms with Gasteiger partial charge in [-0.1, -0.05) is 6.08 Å². The molecule has 7 nitrogen and oxygen atoms in total. The van der Waals surface area contributed by atoms with E-state index in [2.05, 4.69) is 0 Å². The molecule has 1 heterocycles. The highest BCUT2D eigenvalue weighted by molar-refractivity contribution is 5.81. The molecule has 1 saturated heterocycles. The zero-order valence-electron chi connectivity index (χ0n) is 9.26. The van der Waals surface area contributed by atoms with E-state index in [0.717, 1.165) is 6.08 Å². The maximum Gasteiger partial charge on any atom is 0.332 e. The number of carbonyl (C=O) groups is 1. The molecule has 98 valence electrons. The van der Waals surface area contributed by atoms with Crippen LogP contribution in [0.3, 0.4) is 0 Å². The number of aliphatic hydroxyl groups is 4. The number of rotatable bonds is 3. The number of hydrogen-bond acceptors (Lipinski definition) is 7. The molecule has 17 heavy (non-hydrogen) atoms. The van der Waals surface area contributed by atoms with Crippen LogP contribution in [0.15, 0.2) is 12.2 Å². The van der Waals surface area contributed by atoms with Crippen LogP contribution in [-0.4, -0.2) is 63.7 Å². The first kappa shape index (κ1) is 14.1. The highest BCUT2D eigenvalue weighted by Gasteiger charge is 2.45. The van der Waals surface area contributed by atoms with Gasteiger partial charge in [-0.25, -0.2) is 4.79 Å². The summed E-state index contributed by atoms with van der Waals surface area (Å²) >= 11 is 0. The lowest BCUT2D eigenvalue weighted by Crippen LogP contribution is -2.59. The Balaban J connectivity index is 2.68. The first-order valence-electron chi connectivity index (χ1n) is 5.15. The number of esters is 1. The monoisotopic (exact) mass is 248 g/mol. The predicted molar refractivity (Wildman–Crippen MR) is 54.7 cm³/mol. The minimum atomic E-state index is -1.57. The minimum Gasteiger partial charge on any atom is -0.430 e. The summed E-state index contributed by atoms with van der Waals surface area (Å²) in [6.45, 7) is 1.04. The number of carbonyl (C=O) groups excluding carboxylic acids is 1. The molecule has 1 rings (SSSR count). The lowest BCUT2D eigenvalue weighted by molar-refractivity contribution is -0.291. The Bertz CT molecular complexity index is 288. The Morgan fingerprint density at radius 1 is 1.29 bits per heavy atom. The van der Waals surface area contributed by atoms with Crippen LogP contribution in [0.1, 0.15) is 6.92 Å². The number of allylic oxidation sites excluding steroid dienone is 1. The lowest BCUT2D eigenvalue weighted by Gasteiger charge is -2.38. The highest BCUT2D eigenvalue weighted by atomic mass is 16.7. The molecule has 1 fully saturated rings. The molecule has 5 unspecified atom stereocenters. The van der Waals surface area contributed by atoms with Gasteiger partial charge in [-0.2, -0.15) is 0 Å². The molecule has 0 amide bonds. The van der Waals surface area contributed by atoms with Crippen molar-refractivity contribution in [3.05, 3.63) is 12.2 Å². The van der Waals surface area contributed by atoms with Gasteiger partial charge in [0.2, 0.25) is 6.29 Å². The summed E-state index contributed by atoms with van der Waals surface area (Å²) in [5.41, 5.74) is 0. The van der Waals surface area contributed by atoms with Gasteiger partial charge in [0, 0.05) is 6.08 Å². The van der Waals surface area contributed by atoms with Gasteiger partial charge >= 0.3 is 5.97 Å². The van der Waals surface area contributed by atoms with Gasteiger partial charge in [-0.3, -0.25) is 0 Å². The van der Waals surface area contributed by atoms with Crippen molar-refractivity contribution < 1.29 is 34.7 Å². The van der Waals surface area contributed by atoms with Gasteiger partial charge in [0.25, 0.3) is 0 Å².